The molecule has 1 atom stereocenters. The van der Waals surface area contributed by atoms with Gasteiger partial charge in [-0.3, -0.25) is 9.59 Å². The third-order valence-electron chi connectivity index (χ3n) is 5.40. The number of benzene rings is 1. The van der Waals surface area contributed by atoms with Crippen LogP contribution in [-0.2, 0) is 6.54 Å². The summed E-state index contributed by atoms with van der Waals surface area (Å²) in [7, 11) is 0. The molecule has 6 nitrogen and oxygen atoms in total. The van der Waals surface area contributed by atoms with Crippen LogP contribution in [-0.4, -0.2) is 37.9 Å². The van der Waals surface area contributed by atoms with E-state index in [-0.39, 0.29) is 17.5 Å². The van der Waals surface area contributed by atoms with Crippen molar-refractivity contribution in [1.29, 1.82) is 0 Å². The minimum atomic E-state index is -0.235. The first-order valence-electron chi connectivity index (χ1n) is 9.52. The molecule has 27 heavy (non-hydrogen) atoms. The molecule has 1 N–H and O–H groups in total. The van der Waals surface area contributed by atoms with Crippen LogP contribution in [0.25, 0.3) is 10.9 Å². The van der Waals surface area contributed by atoms with Gasteiger partial charge < -0.3 is 14.5 Å². The molecule has 140 valence electrons. The predicted molar refractivity (Wildman–Crippen MR) is 105 cm³/mol. The molecule has 1 saturated heterocycles. The number of aryl methyl sites for hydroxylation is 2. The van der Waals surface area contributed by atoms with Crippen molar-refractivity contribution in [2.75, 3.05) is 6.54 Å². The van der Waals surface area contributed by atoms with Gasteiger partial charge in [-0.2, -0.15) is 0 Å². The van der Waals surface area contributed by atoms with Gasteiger partial charge in [0.1, 0.15) is 0 Å². The van der Waals surface area contributed by atoms with Gasteiger partial charge in [0.25, 0.3) is 5.91 Å². The van der Waals surface area contributed by atoms with Gasteiger partial charge >= 0.3 is 0 Å². The number of H-pyrrole nitrogens is 1. The molecule has 4 rings (SSSR count). The van der Waals surface area contributed by atoms with E-state index in [0.29, 0.717) is 11.1 Å². The number of fused-ring (bicyclic) bond motifs is 1. The van der Waals surface area contributed by atoms with Crippen molar-refractivity contribution >= 4 is 16.8 Å². The van der Waals surface area contributed by atoms with Crippen LogP contribution in [0.4, 0.5) is 0 Å². The zero-order valence-corrected chi connectivity index (χ0v) is 15.5. The molecular formula is C21H24N4O2. The third-order valence-corrected chi connectivity index (χ3v) is 5.40. The summed E-state index contributed by atoms with van der Waals surface area (Å²) in [5.74, 6) is -0.0352. The van der Waals surface area contributed by atoms with Crippen LogP contribution in [0, 0.1) is 6.92 Å². The monoisotopic (exact) mass is 364 g/mol. The van der Waals surface area contributed by atoms with Crippen LogP contribution in [0.2, 0.25) is 0 Å². The highest BCUT2D eigenvalue weighted by molar-refractivity contribution is 6.06. The van der Waals surface area contributed by atoms with E-state index >= 15 is 0 Å². The highest BCUT2D eigenvalue weighted by Crippen LogP contribution is 2.25. The number of hydrogen-bond donors (Lipinski definition) is 1. The zero-order valence-electron chi connectivity index (χ0n) is 15.5. The number of pyridine rings is 1. The summed E-state index contributed by atoms with van der Waals surface area (Å²) < 4.78 is 2.04. The maximum absolute atomic E-state index is 13.4. The van der Waals surface area contributed by atoms with Crippen molar-refractivity contribution in [3.63, 3.8) is 0 Å². The molecule has 1 amide bonds. The summed E-state index contributed by atoms with van der Waals surface area (Å²) >= 11 is 0. The van der Waals surface area contributed by atoms with Crippen molar-refractivity contribution in [2.24, 2.45) is 0 Å². The van der Waals surface area contributed by atoms with E-state index in [1.54, 1.807) is 6.20 Å². The van der Waals surface area contributed by atoms with Gasteiger partial charge in [-0.05, 0) is 44.7 Å². The van der Waals surface area contributed by atoms with Crippen molar-refractivity contribution in [3.05, 3.63) is 64.5 Å². The third kappa shape index (κ3) is 3.65. The number of nitrogens with one attached hydrogen (secondary N) is 1. The number of piperidine rings is 1. The molecule has 3 heterocycles. The number of imidazole rings is 1. The molecule has 0 saturated carbocycles. The summed E-state index contributed by atoms with van der Waals surface area (Å²) in [5, 5.41) is 0.818. The zero-order chi connectivity index (χ0) is 18.8. The average Bonchev–Trinajstić information content (AvgIpc) is 3.19. The Bertz CT molecular complexity index is 1010. The molecule has 1 aliphatic heterocycles. The maximum atomic E-state index is 13.4. The largest absolute Gasteiger partial charge is 0.337 e. The summed E-state index contributed by atoms with van der Waals surface area (Å²) in [6, 6.07) is 7.43. The molecule has 6 heteroatoms. The van der Waals surface area contributed by atoms with E-state index in [2.05, 4.69) is 9.97 Å². The molecule has 3 aromatic rings. The van der Waals surface area contributed by atoms with Gasteiger partial charge in [-0.1, -0.05) is 11.6 Å². The molecule has 1 aliphatic rings. The Labute approximate surface area is 157 Å². The van der Waals surface area contributed by atoms with E-state index in [0.717, 1.165) is 49.7 Å². The van der Waals surface area contributed by atoms with Gasteiger partial charge in [-0.15, -0.1) is 0 Å². The fourth-order valence-corrected chi connectivity index (χ4v) is 3.98. The Morgan fingerprint density at radius 2 is 2.19 bits per heavy atom. The maximum Gasteiger partial charge on any atom is 0.254 e. The molecule has 0 bridgehead atoms. The van der Waals surface area contributed by atoms with E-state index < -0.39 is 0 Å². The number of nitrogens with zero attached hydrogens (tertiary/aromatic N) is 3. The lowest BCUT2D eigenvalue weighted by Crippen LogP contribution is -2.44. The summed E-state index contributed by atoms with van der Waals surface area (Å²) in [6.07, 6.45) is 9.56. The number of carbonyl (C=O) groups is 1. The molecule has 1 aromatic carbocycles. The van der Waals surface area contributed by atoms with Crippen molar-refractivity contribution < 1.29 is 4.79 Å². The Kier molecular flexibility index (Phi) is 4.79. The molecule has 2 aromatic heterocycles. The number of carbonyl (C=O) groups excluding carboxylic acids is 1. The number of hydrogen-bond acceptors (Lipinski definition) is 3. The first kappa shape index (κ1) is 17.5. The van der Waals surface area contributed by atoms with Gasteiger partial charge in [0.15, 0.2) is 0 Å². The molecular weight excluding hydrogens is 340 g/mol. The SMILES string of the molecule is Cc1ccc2[nH]c(=O)cc(C(=O)N3CCCC[C@@H]3CCn3ccnc3)c2c1. The lowest BCUT2D eigenvalue weighted by molar-refractivity contribution is 0.0597. The van der Waals surface area contributed by atoms with Crippen LogP contribution >= 0.6 is 0 Å². The smallest absolute Gasteiger partial charge is 0.254 e. The van der Waals surface area contributed by atoms with E-state index in [1.807, 2.05) is 47.1 Å². The Balaban J connectivity index is 1.64. The predicted octanol–water partition coefficient (Wildman–Crippen LogP) is 3.12. The number of aromatic amines is 1. The Hall–Kier alpha value is -2.89. The molecule has 0 radical (unpaired) electrons. The fraction of sp³-hybridized carbons (Fsp3) is 0.381. The highest BCUT2D eigenvalue weighted by atomic mass is 16.2. The standard InChI is InChI=1S/C21H24N4O2/c1-15-5-6-19-17(12-15)18(13-20(26)23-19)21(27)25-9-3-2-4-16(25)7-10-24-11-8-22-14-24/h5-6,8,11-14,16H,2-4,7,9-10H2,1H3,(H,23,26)/t16-/m1/s1. The second kappa shape index (κ2) is 7.39. The second-order valence-electron chi connectivity index (χ2n) is 7.33. The lowest BCUT2D eigenvalue weighted by Gasteiger charge is -2.36. The first-order chi connectivity index (χ1) is 13.1. The van der Waals surface area contributed by atoms with Gasteiger partial charge in [-0.25, -0.2) is 4.98 Å². The summed E-state index contributed by atoms with van der Waals surface area (Å²) in [5.41, 5.74) is 2.05. The molecule has 0 spiro atoms. The average molecular weight is 364 g/mol. The van der Waals surface area contributed by atoms with E-state index in [9.17, 15) is 9.59 Å². The van der Waals surface area contributed by atoms with Gasteiger partial charge in [0, 0.05) is 48.5 Å². The number of rotatable bonds is 4. The van der Waals surface area contributed by atoms with E-state index in [1.165, 1.54) is 6.07 Å². The van der Waals surface area contributed by atoms with Crippen molar-refractivity contribution in [1.82, 2.24) is 19.4 Å². The summed E-state index contributed by atoms with van der Waals surface area (Å²) in [4.78, 5) is 34.4. The number of amides is 1. The lowest BCUT2D eigenvalue weighted by atomic mass is 9.97. The first-order valence-corrected chi connectivity index (χ1v) is 9.52. The van der Waals surface area contributed by atoms with Crippen LogP contribution in [0.1, 0.15) is 41.6 Å². The number of aromatic nitrogens is 3. The highest BCUT2D eigenvalue weighted by Gasteiger charge is 2.28. The van der Waals surface area contributed by atoms with Crippen molar-refractivity contribution in [3.8, 4) is 0 Å². The Morgan fingerprint density at radius 3 is 3.00 bits per heavy atom. The van der Waals surface area contributed by atoms with Crippen molar-refractivity contribution in [2.45, 2.75) is 45.2 Å². The number of likely N-dealkylation sites (tertiary alicyclic amines) is 1. The second-order valence-corrected chi connectivity index (χ2v) is 7.33. The van der Waals surface area contributed by atoms with E-state index in [4.69, 9.17) is 0 Å². The topological polar surface area (TPSA) is 71.0 Å². The fourth-order valence-electron chi connectivity index (χ4n) is 3.98. The van der Waals surface area contributed by atoms with Gasteiger partial charge in [0.2, 0.25) is 5.56 Å². The minimum absolute atomic E-state index is 0.0352. The van der Waals surface area contributed by atoms with Crippen LogP contribution < -0.4 is 5.56 Å². The molecule has 0 aliphatic carbocycles. The quantitative estimate of drug-likeness (QED) is 0.773. The van der Waals surface area contributed by atoms with Crippen LogP contribution in [0.5, 0.6) is 0 Å². The van der Waals surface area contributed by atoms with Gasteiger partial charge in [0.05, 0.1) is 11.9 Å². The Morgan fingerprint density at radius 1 is 1.30 bits per heavy atom. The molecule has 0 unspecified atom stereocenters. The molecule has 1 fully saturated rings. The van der Waals surface area contributed by atoms with Crippen LogP contribution in [0.15, 0.2) is 47.8 Å². The van der Waals surface area contributed by atoms with Crippen LogP contribution in [0.3, 0.4) is 0 Å². The summed E-state index contributed by atoms with van der Waals surface area (Å²) in [6.45, 7) is 3.57. The minimum Gasteiger partial charge on any atom is -0.337 e. The normalized spacial score (nSPS) is 17.4.